The van der Waals surface area contributed by atoms with E-state index in [0.717, 1.165) is 11.4 Å². The lowest BCUT2D eigenvalue weighted by molar-refractivity contribution is 0.474. The van der Waals surface area contributed by atoms with Crippen molar-refractivity contribution in [3.63, 3.8) is 0 Å². The number of phenols is 1. The summed E-state index contributed by atoms with van der Waals surface area (Å²) in [6.45, 7) is 4.07. The second kappa shape index (κ2) is 4.87. The van der Waals surface area contributed by atoms with Gasteiger partial charge >= 0.3 is 0 Å². The lowest BCUT2D eigenvalue weighted by Gasteiger charge is -2.15. The topological polar surface area (TPSA) is 45.2 Å². The quantitative estimate of drug-likeness (QED) is 0.847. The van der Waals surface area contributed by atoms with E-state index in [0.29, 0.717) is 0 Å². The number of benzene rings is 1. The maximum absolute atomic E-state index is 9.43. The molecule has 0 amide bonds. The van der Waals surface area contributed by atoms with Crippen LogP contribution in [0.2, 0.25) is 0 Å². The van der Waals surface area contributed by atoms with Crippen molar-refractivity contribution >= 4 is 5.82 Å². The van der Waals surface area contributed by atoms with E-state index in [1.165, 1.54) is 5.56 Å². The second-order valence-electron chi connectivity index (χ2n) is 4.18. The Morgan fingerprint density at radius 1 is 1.24 bits per heavy atom. The number of aromatic nitrogens is 1. The van der Waals surface area contributed by atoms with Crippen molar-refractivity contribution in [1.29, 1.82) is 0 Å². The highest BCUT2D eigenvalue weighted by molar-refractivity contribution is 5.41. The number of hydrogen-bond donors (Lipinski definition) is 2. The highest BCUT2D eigenvalue weighted by Crippen LogP contribution is 2.21. The fourth-order valence-electron chi connectivity index (χ4n) is 1.71. The minimum Gasteiger partial charge on any atom is -0.508 e. The van der Waals surface area contributed by atoms with Crippen LogP contribution in [0.5, 0.6) is 5.75 Å². The molecule has 1 aromatic heterocycles. The third-order valence-electron chi connectivity index (χ3n) is 2.65. The fraction of sp³-hybridized carbons (Fsp3) is 0.214. The monoisotopic (exact) mass is 228 g/mol. The summed E-state index contributed by atoms with van der Waals surface area (Å²) in [5.74, 6) is 1.13. The van der Waals surface area contributed by atoms with Gasteiger partial charge in [-0.1, -0.05) is 12.1 Å². The maximum Gasteiger partial charge on any atom is 0.126 e. The maximum atomic E-state index is 9.43. The SMILES string of the molecule is Cc1ccnc(N[C@@H](C)c2cccc(O)c2)c1. The molecule has 2 rings (SSSR count). The van der Waals surface area contributed by atoms with Gasteiger partial charge in [0.1, 0.15) is 11.6 Å². The molecule has 17 heavy (non-hydrogen) atoms. The molecule has 0 spiro atoms. The van der Waals surface area contributed by atoms with Crippen molar-refractivity contribution in [2.24, 2.45) is 0 Å². The summed E-state index contributed by atoms with van der Waals surface area (Å²) >= 11 is 0. The minimum absolute atomic E-state index is 0.108. The van der Waals surface area contributed by atoms with Gasteiger partial charge in [-0.05, 0) is 49.2 Å². The van der Waals surface area contributed by atoms with Crippen molar-refractivity contribution in [3.8, 4) is 5.75 Å². The van der Waals surface area contributed by atoms with Crippen molar-refractivity contribution in [2.75, 3.05) is 5.32 Å². The van der Waals surface area contributed by atoms with Gasteiger partial charge in [-0.25, -0.2) is 4.98 Å². The number of pyridine rings is 1. The van der Waals surface area contributed by atoms with E-state index < -0.39 is 0 Å². The zero-order valence-electron chi connectivity index (χ0n) is 10.0. The van der Waals surface area contributed by atoms with Crippen LogP contribution in [-0.4, -0.2) is 10.1 Å². The third-order valence-corrected chi connectivity index (χ3v) is 2.65. The molecule has 0 aliphatic carbocycles. The summed E-state index contributed by atoms with van der Waals surface area (Å²) in [6, 6.07) is 11.3. The van der Waals surface area contributed by atoms with E-state index >= 15 is 0 Å². The summed E-state index contributed by atoms with van der Waals surface area (Å²) in [5.41, 5.74) is 2.21. The van der Waals surface area contributed by atoms with Gasteiger partial charge in [0, 0.05) is 6.20 Å². The number of nitrogens with one attached hydrogen (secondary N) is 1. The van der Waals surface area contributed by atoms with Gasteiger partial charge in [0.05, 0.1) is 6.04 Å². The number of hydrogen-bond acceptors (Lipinski definition) is 3. The number of aromatic hydroxyl groups is 1. The Kier molecular flexibility index (Phi) is 3.28. The van der Waals surface area contributed by atoms with Crippen LogP contribution < -0.4 is 5.32 Å². The fourth-order valence-corrected chi connectivity index (χ4v) is 1.71. The zero-order chi connectivity index (χ0) is 12.3. The first-order chi connectivity index (χ1) is 8.15. The molecule has 1 aromatic carbocycles. The molecule has 0 fully saturated rings. The predicted molar refractivity (Wildman–Crippen MR) is 69.1 cm³/mol. The second-order valence-corrected chi connectivity index (χ2v) is 4.18. The van der Waals surface area contributed by atoms with E-state index in [4.69, 9.17) is 0 Å². The Hall–Kier alpha value is -2.03. The Bertz CT molecular complexity index is 511. The number of rotatable bonds is 3. The molecule has 2 N–H and O–H groups in total. The van der Waals surface area contributed by atoms with Crippen molar-refractivity contribution in [1.82, 2.24) is 4.98 Å². The van der Waals surface area contributed by atoms with Gasteiger partial charge in [0.2, 0.25) is 0 Å². The molecule has 1 heterocycles. The zero-order valence-corrected chi connectivity index (χ0v) is 10.0. The van der Waals surface area contributed by atoms with Gasteiger partial charge in [-0.3, -0.25) is 0 Å². The van der Waals surface area contributed by atoms with Crippen molar-refractivity contribution in [3.05, 3.63) is 53.7 Å². The standard InChI is InChI=1S/C14H16N2O/c1-10-6-7-15-14(8-10)16-11(2)12-4-3-5-13(17)9-12/h3-9,11,17H,1-2H3,(H,15,16)/t11-/m0/s1. The van der Waals surface area contributed by atoms with Gasteiger partial charge < -0.3 is 10.4 Å². The molecule has 0 aliphatic heterocycles. The lowest BCUT2D eigenvalue weighted by atomic mass is 10.1. The van der Waals surface area contributed by atoms with Gasteiger partial charge in [-0.15, -0.1) is 0 Å². The highest BCUT2D eigenvalue weighted by Gasteiger charge is 2.06. The molecule has 1 atom stereocenters. The average Bonchev–Trinajstić information content (AvgIpc) is 2.29. The third kappa shape index (κ3) is 2.97. The van der Waals surface area contributed by atoms with Crippen molar-refractivity contribution < 1.29 is 5.11 Å². The summed E-state index contributed by atoms with van der Waals surface area (Å²) in [4.78, 5) is 4.25. The largest absolute Gasteiger partial charge is 0.508 e. The van der Waals surface area contributed by atoms with E-state index in [1.54, 1.807) is 18.3 Å². The number of nitrogens with zero attached hydrogens (tertiary/aromatic N) is 1. The summed E-state index contributed by atoms with van der Waals surface area (Å²) in [6.07, 6.45) is 1.78. The average molecular weight is 228 g/mol. The normalized spacial score (nSPS) is 12.1. The van der Waals surface area contributed by atoms with Crippen LogP contribution in [0.1, 0.15) is 24.1 Å². The molecule has 0 saturated heterocycles. The molecule has 0 radical (unpaired) electrons. The predicted octanol–water partition coefficient (Wildman–Crippen LogP) is 3.27. The van der Waals surface area contributed by atoms with Gasteiger partial charge in [-0.2, -0.15) is 0 Å². The van der Waals surface area contributed by atoms with Crippen molar-refractivity contribution in [2.45, 2.75) is 19.9 Å². The molecule has 3 nitrogen and oxygen atoms in total. The Morgan fingerprint density at radius 3 is 2.76 bits per heavy atom. The van der Waals surface area contributed by atoms with Crippen LogP contribution >= 0.6 is 0 Å². The summed E-state index contributed by atoms with van der Waals surface area (Å²) in [7, 11) is 0. The summed E-state index contributed by atoms with van der Waals surface area (Å²) in [5, 5.41) is 12.7. The van der Waals surface area contributed by atoms with Crippen LogP contribution in [-0.2, 0) is 0 Å². The number of aryl methyl sites for hydroxylation is 1. The number of anilines is 1. The molecular formula is C14H16N2O. The first kappa shape index (κ1) is 11.5. The molecule has 0 unspecified atom stereocenters. The van der Waals surface area contributed by atoms with E-state index in [1.807, 2.05) is 38.1 Å². The molecule has 3 heteroatoms. The molecule has 0 bridgehead atoms. The first-order valence-corrected chi connectivity index (χ1v) is 5.63. The van der Waals surface area contributed by atoms with E-state index in [-0.39, 0.29) is 11.8 Å². The smallest absolute Gasteiger partial charge is 0.126 e. The molecule has 0 aliphatic rings. The molecular weight excluding hydrogens is 212 g/mol. The van der Waals surface area contributed by atoms with Crippen LogP contribution in [0.25, 0.3) is 0 Å². The Balaban J connectivity index is 2.14. The van der Waals surface area contributed by atoms with Gasteiger partial charge in [0.25, 0.3) is 0 Å². The minimum atomic E-state index is 0.108. The Labute approximate surface area is 101 Å². The van der Waals surface area contributed by atoms with Crippen LogP contribution in [0.3, 0.4) is 0 Å². The van der Waals surface area contributed by atoms with Crippen LogP contribution in [0.15, 0.2) is 42.6 Å². The highest BCUT2D eigenvalue weighted by atomic mass is 16.3. The van der Waals surface area contributed by atoms with E-state index in [9.17, 15) is 5.11 Å². The molecule has 88 valence electrons. The first-order valence-electron chi connectivity index (χ1n) is 5.63. The van der Waals surface area contributed by atoms with Crippen LogP contribution in [0, 0.1) is 6.92 Å². The van der Waals surface area contributed by atoms with Gasteiger partial charge in [0.15, 0.2) is 0 Å². The van der Waals surface area contributed by atoms with Crippen LogP contribution in [0.4, 0.5) is 5.82 Å². The summed E-state index contributed by atoms with van der Waals surface area (Å²) < 4.78 is 0. The molecule has 0 saturated carbocycles. The number of phenolic OH excluding ortho intramolecular Hbond substituents is 1. The Morgan fingerprint density at radius 2 is 2.06 bits per heavy atom. The molecule has 2 aromatic rings. The van der Waals surface area contributed by atoms with E-state index in [2.05, 4.69) is 10.3 Å². The lowest BCUT2D eigenvalue weighted by Crippen LogP contribution is -2.07.